The minimum Gasteiger partial charge on any atom is -0.393 e. The van der Waals surface area contributed by atoms with Gasteiger partial charge in [-0.25, -0.2) is 4.98 Å². The molecule has 1 heterocycles. The van der Waals surface area contributed by atoms with Gasteiger partial charge < -0.3 is 10.4 Å². The van der Waals surface area contributed by atoms with Crippen LogP contribution < -0.4 is 5.32 Å². The summed E-state index contributed by atoms with van der Waals surface area (Å²) >= 11 is 1.43. The third-order valence-electron chi connectivity index (χ3n) is 2.48. The van der Waals surface area contributed by atoms with Gasteiger partial charge in [-0.3, -0.25) is 4.79 Å². The van der Waals surface area contributed by atoms with E-state index in [-0.39, 0.29) is 12.0 Å². The highest BCUT2D eigenvalue weighted by atomic mass is 32.1. The highest BCUT2D eigenvalue weighted by Crippen LogP contribution is 2.20. The van der Waals surface area contributed by atoms with E-state index in [4.69, 9.17) is 0 Å². The molecule has 2 N–H and O–H groups in total. The van der Waals surface area contributed by atoms with Gasteiger partial charge in [0.25, 0.3) is 5.91 Å². The van der Waals surface area contributed by atoms with E-state index in [1.165, 1.54) is 11.3 Å². The highest BCUT2D eigenvalue weighted by molar-refractivity contribution is 7.13. The normalized spacial score (nSPS) is 12.8. The van der Waals surface area contributed by atoms with Crippen LogP contribution in [0.2, 0.25) is 0 Å². The summed E-state index contributed by atoms with van der Waals surface area (Å²) < 4.78 is 0. The number of aliphatic hydroxyl groups is 1. The Kier molecular flexibility index (Phi) is 5.58. The van der Waals surface area contributed by atoms with E-state index in [0.29, 0.717) is 30.2 Å². The number of carbonyl (C=O) groups is 1. The van der Waals surface area contributed by atoms with Gasteiger partial charge in [0, 0.05) is 12.5 Å². The van der Waals surface area contributed by atoms with Crippen molar-refractivity contribution in [2.24, 2.45) is 0 Å². The van der Waals surface area contributed by atoms with Crippen molar-refractivity contribution in [3.63, 3.8) is 0 Å². The Morgan fingerprint density at radius 3 is 2.82 bits per heavy atom. The molecule has 0 saturated carbocycles. The van der Waals surface area contributed by atoms with Crippen LogP contribution in [0.4, 0.5) is 0 Å². The third-order valence-corrected chi connectivity index (χ3v) is 3.77. The summed E-state index contributed by atoms with van der Waals surface area (Å²) in [4.78, 5) is 16.6. The van der Waals surface area contributed by atoms with Gasteiger partial charge in [-0.2, -0.15) is 0 Å². The van der Waals surface area contributed by atoms with E-state index in [1.807, 2.05) is 6.92 Å². The number of rotatable bonds is 6. The van der Waals surface area contributed by atoms with Gasteiger partial charge in [0.05, 0.1) is 17.3 Å². The van der Waals surface area contributed by atoms with Crippen molar-refractivity contribution in [3.8, 4) is 0 Å². The van der Waals surface area contributed by atoms with E-state index >= 15 is 0 Å². The zero-order valence-corrected chi connectivity index (χ0v) is 11.4. The molecule has 1 rings (SSSR count). The molecule has 5 heteroatoms. The van der Waals surface area contributed by atoms with Crippen LogP contribution in [0.25, 0.3) is 0 Å². The topological polar surface area (TPSA) is 62.2 Å². The fourth-order valence-electron chi connectivity index (χ4n) is 1.30. The van der Waals surface area contributed by atoms with Crippen LogP contribution in [0.15, 0.2) is 6.20 Å². The van der Waals surface area contributed by atoms with Crippen molar-refractivity contribution >= 4 is 17.2 Å². The van der Waals surface area contributed by atoms with Crippen molar-refractivity contribution in [1.29, 1.82) is 0 Å². The predicted octanol–water partition coefficient (Wildman–Crippen LogP) is 2.16. The first-order chi connectivity index (χ1) is 8.04. The van der Waals surface area contributed by atoms with Gasteiger partial charge in [0.1, 0.15) is 4.88 Å². The highest BCUT2D eigenvalue weighted by Gasteiger charge is 2.12. The molecular formula is C12H20N2O2S. The second-order valence-corrected chi connectivity index (χ2v) is 5.39. The number of amides is 1. The van der Waals surface area contributed by atoms with Crippen molar-refractivity contribution in [3.05, 3.63) is 16.1 Å². The Hall–Kier alpha value is -0.940. The van der Waals surface area contributed by atoms with Crippen molar-refractivity contribution in [1.82, 2.24) is 10.3 Å². The van der Waals surface area contributed by atoms with E-state index in [2.05, 4.69) is 24.1 Å². The van der Waals surface area contributed by atoms with Crippen molar-refractivity contribution < 1.29 is 9.90 Å². The maximum absolute atomic E-state index is 11.7. The molecular weight excluding hydrogens is 236 g/mol. The zero-order chi connectivity index (χ0) is 12.8. The van der Waals surface area contributed by atoms with E-state index in [0.717, 1.165) is 5.01 Å². The van der Waals surface area contributed by atoms with Gasteiger partial charge >= 0.3 is 0 Å². The van der Waals surface area contributed by atoms with Gasteiger partial charge in [0.15, 0.2) is 0 Å². The average Bonchev–Trinajstić information content (AvgIpc) is 2.78. The molecule has 0 bridgehead atoms. The maximum atomic E-state index is 11.7. The van der Waals surface area contributed by atoms with Gasteiger partial charge in [-0.15, -0.1) is 11.3 Å². The largest absolute Gasteiger partial charge is 0.393 e. The number of hydrogen-bond donors (Lipinski definition) is 2. The van der Waals surface area contributed by atoms with Crippen LogP contribution in [-0.2, 0) is 0 Å². The van der Waals surface area contributed by atoms with Crippen LogP contribution >= 0.6 is 11.3 Å². The standard InChI is InChI=1S/C12H20N2O2S/c1-4-9(15)5-6-13-11(16)10-7-14-12(17-10)8(2)3/h7-9,15H,4-6H2,1-3H3,(H,13,16). The van der Waals surface area contributed by atoms with Gasteiger partial charge in [-0.05, 0) is 12.8 Å². The smallest absolute Gasteiger partial charge is 0.263 e. The Bertz CT molecular complexity index is 363. The molecule has 1 unspecified atom stereocenters. The molecule has 1 aromatic rings. The average molecular weight is 256 g/mol. The number of nitrogens with zero attached hydrogens (tertiary/aromatic N) is 1. The Morgan fingerprint density at radius 2 is 2.29 bits per heavy atom. The van der Waals surface area contributed by atoms with Crippen LogP contribution in [0.1, 0.15) is 54.2 Å². The molecule has 0 aliphatic rings. The molecule has 0 saturated heterocycles. The summed E-state index contributed by atoms with van der Waals surface area (Å²) in [6, 6.07) is 0. The Labute approximate surface area is 106 Å². The Morgan fingerprint density at radius 1 is 1.59 bits per heavy atom. The molecule has 0 aliphatic heterocycles. The molecule has 0 aromatic carbocycles. The molecule has 0 fully saturated rings. The van der Waals surface area contributed by atoms with Crippen LogP contribution in [0.3, 0.4) is 0 Å². The fourth-order valence-corrected chi connectivity index (χ4v) is 2.14. The molecule has 17 heavy (non-hydrogen) atoms. The summed E-state index contributed by atoms with van der Waals surface area (Å²) in [5, 5.41) is 13.1. The SMILES string of the molecule is CCC(O)CCNC(=O)c1cnc(C(C)C)s1. The quantitative estimate of drug-likeness (QED) is 0.820. The van der Waals surface area contributed by atoms with Crippen LogP contribution in [-0.4, -0.2) is 28.6 Å². The van der Waals surface area contributed by atoms with Gasteiger partial charge in [-0.1, -0.05) is 20.8 Å². The van der Waals surface area contributed by atoms with Crippen LogP contribution in [0.5, 0.6) is 0 Å². The summed E-state index contributed by atoms with van der Waals surface area (Å²) in [5.74, 6) is 0.251. The second kappa shape index (κ2) is 6.71. The number of hydrogen-bond acceptors (Lipinski definition) is 4. The molecule has 1 atom stereocenters. The lowest BCUT2D eigenvalue weighted by atomic mass is 10.2. The lowest BCUT2D eigenvalue weighted by Crippen LogP contribution is -2.26. The monoisotopic (exact) mass is 256 g/mol. The molecule has 96 valence electrons. The summed E-state index contributed by atoms with van der Waals surface area (Å²) in [6.45, 7) is 6.53. The van der Waals surface area contributed by atoms with Crippen molar-refractivity contribution in [2.75, 3.05) is 6.54 Å². The minimum absolute atomic E-state index is 0.0993. The predicted molar refractivity (Wildman–Crippen MR) is 69.5 cm³/mol. The number of aromatic nitrogens is 1. The van der Waals surface area contributed by atoms with E-state index in [9.17, 15) is 9.90 Å². The third kappa shape index (κ3) is 4.44. The number of thiazole rings is 1. The maximum Gasteiger partial charge on any atom is 0.263 e. The number of nitrogens with one attached hydrogen (secondary N) is 1. The minimum atomic E-state index is -0.331. The molecule has 4 nitrogen and oxygen atoms in total. The molecule has 1 aromatic heterocycles. The van der Waals surface area contributed by atoms with Gasteiger partial charge in [0.2, 0.25) is 0 Å². The second-order valence-electron chi connectivity index (χ2n) is 4.32. The Balaban J connectivity index is 2.41. The summed E-state index contributed by atoms with van der Waals surface area (Å²) in [6.07, 6.45) is 2.60. The van der Waals surface area contributed by atoms with E-state index in [1.54, 1.807) is 6.20 Å². The summed E-state index contributed by atoms with van der Waals surface area (Å²) in [5.41, 5.74) is 0. The summed E-state index contributed by atoms with van der Waals surface area (Å²) in [7, 11) is 0. The molecule has 0 spiro atoms. The lowest BCUT2D eigenvalue weighted by Gasteiger charge is -2.07. The zero-order valence-electron chi connectivity index (χ0n) is 10.6. The fraction of sp³-hybridized carbons (Fsp3) is 0.667. The first kappa shape index (κ1) is 14.1. The number of carbonyl (C=O) groups excluding carboxylic acids is 1. The molecule has 1 amide bonds. The molecule has 0 aliphatic carbocycles. The van der Waals surface area contributed by atoms with E-state index < -0.39 is 0 Å². The first-order valence-electron chi connectivity index (χ1n) is 5.96. The first-order valence-corrected chi connectivity index (χ1v) is 6.78. The molecule has 0 radical (unpaired) electrons. The lowest BCUT2D eigenvalue weighted by molar-refractivity contribution is 0.0946. The van der Waals surface area contributed by atoms with Crippen LogP contribution in [0, 0.1) is 0 Å². The number of aliphatic hydroxyl groups excluding tert-OH is 1. The van der Waals surface area contributed by atoms with Crippen molar-refractivity contribution in [2.45, 2.75) is 45.6 Å².